The van der Waals surface area contributed by atoms with Crippen molar-refractivity contribution in [3.05, 3.63) is 0 Å². The van der Waals surface area contributed by atoms with Gasteiger partial charge in [0.2, 0.25) is 5.91 Å². The second-order valence-electron chi connectivity index (χ2n) is 5.43. The Morgan fingerprint density at radius 3 is 2.53 bits per heavy atom. The summed E-state index contributed by atoms with van der Waals surface area (Å²) in [5.74, 6) is 0.275. The van der Waals surface area contributed by atoms with Gasteiger partial charge in [0, 0.05) is 12.1 Å². The number of carbonyl (C=O) groups excluding carboxylic acids is 1. The minimum Gasteiger partial charge on any atom is -0.350 e. The molecule has 86 valence electrons. The number of rotatable bonds is 3. The Kier molecular flexibility index (Phi) is 2.75. The number of amides is 1. The Hall–Kier alpha value is -0.570. The Bertz CT molecular complexity index is 252. The van der Waals surface area contributed by atoms with Crippen molar-refractivity contribution < 1.29 is 4.79 Å². The van der Waals surface area contributed by atoms with Crippen molar-refractivity contribution in [2.24, 2.45) is 5.41 Å². The normalized spacial score (nSPS) is 33.5. The Labute approximate surface area is 92.0 Å². The zero-order chi connectivity index (χ0) is 10.9. The largest absolute Gasteiger partial charge is 0.350 e. The van der Waals surface area contributed by atoms with Crippen molar-refractivity contribution in [1.82, 2.24) is 10.6 Å². The average Bonchev–Trinajstić information content (AvgIpc) is 2.64. The van der Waals surface area contributed by atoms with Crippen LogP contribution in [0.15, 0.2) is 0 Å². The van der Waals surface area contributed by atoms with Gasteiger partial charge in [-0.2, -0.15) is 0 Å². The van der Waals surface area contributed by atoms with Gasteiger partial charge in [0.05, 0.1) is 5.41 Å². The van der Waals surface area contributed by atoms with Crippen LogP contribution >= 0.6 is 0 Å². The SMILES string of the molecule is CCC1(C(=O)NC2(C)CCC2)CCNC1. The molecular weight excluding hydrogens is 188 g/mol. The van der Waals surface area contributed by atoms with E-state index >= 15 is 0 Å². The highest BCUT2D eigenvalue weighted by Crippen LogP contribution is 2.35. The molecule has 1 aliphatic carbocycles. The fourth-order valence-corrected chi connectivity index (χ4v) is 2.64. The van der Waals surface area contributed by atoms with Crippen molar-refractivity contribution in [1.29, 1.82) is 0 Å². The van der Waals surface area contributed by atoms with E-state index in [-0.39, 0.29) is 16.9 Å². The molecule has 1 saturated heterocycles. The first-order valence-electron chi connectivity index (χ1n) is 6.14. The summed E-state index contributed by atoms with van der Waals surface area (Å²) in [7, 11) is 0. The van der Waals surface area contributed by atoms with Gasteiger partial charge in [-0.3, -0.25) is 4.79 Å². The molecule has 0 radical (unpaired) electrons. The van der Waals surface area contributed by atoms with Crippen molar-refractivity contribution in [2.75, 3.05) is 13.1 Å². The molecule has 0 spiro atoms. The van der Waals surface area contributed by atoms with Gasteiger partial charge in [-0.05, 0) is 45.6 Å². The zero-order valence-corrected chi connectivity index (χ0v) is 9.86. The highest BCUT2D eigenvalue weighted by molar-refractivity contribution is 5.84. The molecule has 1 saturated carbocycles. The van der Waals surface area contributed by atoms with E-state index in [4.69, 9.17) is 0 Å². The summed E-state index contributed by atoms with van der Waals surface area (Å²) in [5.41, 5.74) is -0.0273. The molecule has 3 heteroatoms. The summed E-state index contributed by atoms with van der Waals surface area (Å²) >= 11 is 0. The predicted octanol–water partition coefficient (Wildman–Crippen LogP) is 1.43. The lowest BCUT2D eigenvalue weighted by Gasteiger charge is -2.41. The Morgan fingerprint density at radius 2 is 2.13 bits per heavy atom. The monoisotopic (exact) mass is 210 g/mol. The van der Waals surface area contributed by atoms with E-state index in [9.17, 15) is 4.79 Å². The van der Waals surface area contributed by atoms with Crippen molar-refractivity contribution in [2.45, 2.75) is 51.5 Å². The third-order valence-corrected chi connectivity index (χ3v) is 4.27. The molecular formula is C12H22N2O. The number of hydrogen-bond donors (Lipinski definition) is 2. The van der Waals surface area contributed by atoms with Gasteiger partial charge in [-0.15, -0.1) is 0 Å². The molecule has 0 aromatic heterocycles. The highest BCUT2D eigenvalue weighted by Gasteiger charge is 2.43. The molecule has 1 aliphatic heterocycles. The maximum Gasteiger partial charge on any atom is 0.227 e. The predicted molar refractivity (Wildman–Crippen MR) is 60.6 cm³/mol. The molecule has 1 unspecified atom stereocenters. The molecule has 0 bridgehead atoms. The van der Waals surface area contributed by atoms with Gasteiger partial charge in [-0.25, -0.2) is 0 Å². The molecule has 2 N–H and O–H groups in total. The lowest BCUT2D eigenvalue weighted by atomic mass is 9.76. The van der Waals surface area contributed by atoms with Gasteiger partial charge in [0.1, 0.15) is 0 Å². The third-order valence-electron chi connectivity index (χ3n) is 4.27. The van der Waals surface area contributed by atoms with Crippen LogP contribution < -0.4 is 10.6 Å². The summed E-state index contributed by atoms with van der Waals surface area (Å²) in [6.45, 7) is 6.12. The molecule has 0 aromatic carbocycles. The fourth-order valence-electron chi connectivity index (χ4n) is 2.64. The van der Waals surface area contributed by atoms with Crippen molar-refractivity contribution in [3.8, 4) is 0 Å². The third kappa shape index (κ3) is 1.89. The van der Waals surface area contributed by atoms with E-state index in [1.54, 1.807) is 0 Å². The summed E-state index contributed by atoms with van der Waals surface area (Å²) < 4.78 is 0. The Balaban J connectivity index is 1.99. The van der Waals surface area contributed by atoms with Gasteiger partial charge in [0.15, 0.2) is 0 Å². The first-order valence-corrected chi connectivity index (χ1v) is 6.14. The van der Waals surface area contributed by atoms with Crippen LogP contribution in [0.3, 0.4) is 0 Å². The molecule has 2 rings (SSSR count). The van der Waals surface area contributed by atoms with Gasteiger partial charge in [0.25, 0.3) is 0 Å². The van der Waals surface area contributed by atoms with Crippen LogP contribution in [-0.4, -0.2) is 24.5 Å². The van der Waals surface area contributed by atoms with Crippen molar-refractivity contribution >= 4 is 5.91 Å². The lowest BCUT2D eigenvalue weighted by molar-refractivity contribution is -0.133. The van der Waals surface area contributed by atoms with Gasteiger partial charge in [-0.1, -0.05) is 6.92 Å². The van der Waals surface area contributed by atoms with E-state index in [1.807, 2.05) is 0 Å². The molecule has 1 atom stereocenters. The summed E-state index contributed by atoms with van der Waals surface area (Å²) in [6, 6.07) is 0. The summed E-state index contributed by atoms with van der Waals surface area (Å²) in [4.78, 5) is 12.3. The zero-order valence-electron chi connectivity index (χ0n) is 9.86. The molecule has 0 aromatic rings. The molecule has 1 heterocycles. The molecule has 2 aliphatic rings. The second kappa shape index (κ2) is 3.78. The smallest absolute Gasteiger partial charge is 0.227 e. The van der Waals surface area contributed by atoms with Crippen molar-refractivity contribution in [3.63, 3.8) is 0 Å². The molecule has 15 heavy (non-hydrogen) atoms. The van der Waals surface area contributed by atoms with E-state index < -0.39 is 0 Å². The standard InChI is InChI=1S/C12H22N2O/c1-3-12(7-8-13-9-12)10(15)14-11(2)5-4-6-11/h13H,3-9H2,1-2H3,(H,14,15). The van der Waals surface area contributed by atoms with Crippen LogP contribution in [0.4, 0.5) is 0 Å². The van der Waals surface area contributed by atoms with E-state index in [2.05, 4.69) is 24.5 Å². The van der Waals surface area contributed by atoms with Crippen LogP contribution in [0.1, 0.15) is 46.0 Å². The van der Waals surface area contributed by atoms with Crippen LogP contribution in [-0.2, 0) is 4.79 Å². The number of hydrogen-bond acceptors (Lipinski definition) is 2. The van der Waals surface area contributed by atoms with E-state index in [0.29, 0.717) is 0 Å². The summed E-state index contributed by atoms with van der Waals surface area (Å²) in [5, 5.41) is 6.55. The average molecular weight is 210 g/mol. The van der Waals surface area contributed by atoms with E-state index in [1.165, 1.54) is 6.42 Å². The molecule has 3 nitrogen and oxygen atoms in total. The van der Waals surface area contributed by atoms with Crippen LogP contribution in [0.25, 0.3) is 0 Å². The molecule has 2 fully saturated rings. The van der Waals surface area contributed by atoms with Gasteiger partial charge >= 0.3 is 0 Å². The second-order valence-corrected chi connectivity index (χ2v) is 5.43. The van der Waals surface area contributed by atoms with Gasteiger partial charge < -0.3 is 10.6 Å². The van der Waals surface area contributed by atoms with Crippen LogP contribution in [0.2, 0.25) is 0 Å². The first-order chi connectivity index (χ1) is 7.10. The number of carbonyl (C=O) groups is 1. The maximum atomic E-state index is 12.3. The van der Waals surface area contributed by atoms with E-state index in [0.717, 1.165) is 38.8 Å². The minimum atomic E-state index is -0.126. The maximum absolute atomic E-state index is 12.3. The summed E-state index contributed by atoms with van der Waals surface area (Å²) in [6.07, 6.45) is 5.49. The highest BCUT2D eigenvalue weighted by atomic mass is 16.2. The minimum absolute atomic E-state index is 0.0991. The van der Waals surface area contributed by atoms with Crippen LogP contribution in [0.5, 0.6) is 0 Å². The lowest BCUT2D eigenvalue weighted by Crippen LogP contribution is -2.56. The first kappa shape index (κ1) is 10.9. The topological polar surface area (TPSA) is 41.1 Å². The number of nitrogens with one attached hydrogen (secondary N) is 2. The fraction of sp³-hybridized carbons (Fsp3) is 0.917. The Morgan fingerprint density at radius 1 is 1.40 bits per heavy atom. The molecule has 1 amide bonds. The van der Waals surface area contributed by atoms with Crippen LogP contribution in [0, 0.1) is 5.41 Å². The quantitative estimate of drug-likeness (QED) is 0.740.